The normalized spacial score (nSPS) is 9.31. The van der Waals surface area contributed by atoms with E-state index in [4.69, 9.17) is 4.74 Å². The molecule has 0 amide bonds. The van der Waals surface area contributed by atoms with Crippen molar-refractivity contribution in [2.75, 3.05) is 6.61 Å². The zero-order valence-corrected chi connectivity index (χ0v) is 12.5. The molecule has 16 heavy (non-hydrogen) atoms. The fourth-order valence-electron chi connectivity index (χ4n) is 1.10. The van der Waals surface area contributed by atoms with Gasteiger partial charge in [0.2, 0.25) is 0 Å². The summed E-state index contributed by atoms with van der Waals surface area (Å²) in [5, 5.41) is 10.6. The van der Waals surface area contributed by atoms with E-state index in [1.165, 1.54) is 10.8 Å². The zero-order chi connectivity index (χ0) is 11.4. The van der Waals surface area contributed by atoms with Crippen molar-refractivity contribution in [3.63, 3.8) is 0 Å². The van der Waals surface area contributed by atoms with E-state index in [0.717, 1.165) is 0 Å². The molecule has 0 fully saturated rings. The van der Waals surface area contributed by atoms with Crippen molar-refractivity contribution in [1.29, 1.82) is 0 Å². The Morgan fingerprint density at radius 3 is 2.94 bits per heavy atom. The monoisotopic (exact) mass is 269 g/mol. The van der Waals surface area contributed by atoms with Gasteiger partial charge in [0.25, 0.3) is 0 Å². The summed E-state index contributed by atoms with van der Waals surface area (Å²) in [5.41, 5.74) is 0. The van der Waals surface area contributed by atoms with E-state index in [9.17, 15) is 10.1 Å². The van der Waals surface area contributed by atoms with Crippen LogP contribution in [0, 0.1) is 17.0 Å². The largest absolute Gasteiger partial charge is 1.00 e. The van der Waals surface area contributed by atoms with E-state index in [-0.39, 0.29) is 46.4 Å². The van der Waals surface area contributed by atoms with Gasteiger partial charge in [0.15, 0.2) is 5.82 Å². The maximum absolute atomic E-state index is 10.6. The van der Waals surface area contributed by atoms with Crippen LogP contribution in [-0.4, -0.2) is 25.5 Å². The van der Waals surface area contributed by atoms with Crippen LogP contribution in [0.5, 0.6) is 0 Å². The zero-order valence-electron chi connectivity index (χ0n) is 8.87. The minimum Gasteiger partial charge on any atom is -0.509 e. The van der Waals surface area contributed by atoms with Gasteiger partial charge >= 0.3 is 35.4 Å². The van der Waals surface area contributed by atoms with Crippen LogP contribution < -0.4 is 29.6 Å². The molecule has 0 aliphatic rings. The molecule has 0 unspecified atom stereocenters. The Morgan fingerprint density at radius 2 is 2.44 bits per heavy atom. The Balaban J connectivity index is 0.00000225. The average Bonchev–Trinajstić information content (AvgIpc) is 2.47. The third kappa shape index (κ3) is 4.30. The third-order valence-electron chi connectivity index (χ3n) is 1.76. The van der Waals surface area contributed by atoms with Crippen LogP contribution in [0.3, 0.4) is 0 Å². The van der Waals surface area contributed by atoms with Crippen LogP contribution >= 0.6 is 12.2 Å². The van der Waals surface area contributed by atoms with Gasteiger partial charge in [0.05, 0.1) is 0 Å². The Bertz CT molecular complexity index is 396. The number of nitro groups is 1. The van der Waals surface area contributed by atoms with E-state index in [2.05, 4.69) is 29.8 Å². The molecule has 0 aliphatic carbocycles. The van der Waals surface area contributed by atoms with Crippen LogP contribution in [0.2, 0.25) is 0 Å². The summed E-state index contributed by atoms with van der Waals surface area (Å²) >= 11 is 9.08. The molecular formula is C7H8N3NaO3S2. The van der Waals surface area contributed by atoms with Crippen molar-refractivity contribution in [2.24, 2.45) is 0 Å². The molecule has 0 radical (unpaired) electrons. The predicted molar refractivity (Wildman–Crippen MR) is 59.5 cm³/mol. The maximum atomic E-state index is 10.6. The van der Waals surface area contributed by atoms with Gasteiger partial charge in [-0.2, -0.15) is 0 Å². The summed E-state index contributed by atoms with van der Waals surface area (Å²) in [7, 11) is 0. The molecule has 0 spiro atoms. The van der Waals surface area contributed by atoms with E-state index in [1.54, 1.807) is 6.92 Å². The predicted octanol–water partition coefficient (Wildman–Crippen LogP) is -2.05. The molecule has 6 nitrogen and oxygen atoms in total. The van der Waals surface area contributed by atoms with Gasteiger partial charge < -0.3 is 39.7 Å². The van der Waals surface area contributed by atoms with Crippen LogP contribution in [0.1, 0.15) is 5.82 Å². The summed E-state index contributed by atoms with van der Waals surface area (Å²) in [6.45, 7) is 2.19. The number of hydrogen-bond acceptors (Lipinski definition) is 6. The number of thiocarbonyl (C=S) groups is 1. The SMILES string of the molecule is Cc1ncc([N+](=O)[O-])n1CCOC(=S)[S-].[Na+]. The topological polar surface area (TPSA) is 70.2 Å². The van der Waals surface area contributed by atoms with Crippen molar-refractivity contribution in [2.45, 2.75) is 13.5 Å². The maximum Gasteiger partial charge on any atom is 1.00 e. The molecule has 0 bridgehead atoms. The minimum atomic E-state index is -0.494. The van der Waals surface area contributed by atoms with Crippen molar-refractivity contribution in [1.82, 2.24) is 9.55 Å². The van der Waals surface area contributed by atoms with E-state index >= 15 is 0 Å². The summed E-state index contributed by atoms with van der Waals surface area (Å²) in [5.74, 6) is 0.493. The van der Waals surface area contributed by atoms with Gasteiger partial charge in [0.1, 0.15) is 19.3 Å². The van der Waals surface area contributed by atoms with Gasteiger partial charge in [-0.1, -0.05) is 0 Å². The Kier molecular flexibility index (Phi) is 7.00. The minimum absolute atomic E-state index is 0. The molecule has 0 aromatic carbocycles. The van der Waals surface area contributed by atoms with Crippen LogP contribution in [0.25, 0.3) is 0 Å². The van der Waals surface area contributed by atoms with E-state index in [0.29, 0.717) is 12.4 Å². The Labute approximate surface area is 125 Å². The Morgan fingerprint density at radius 1 is 1.81 bits per heavy atom. The van der Waals surface area contributed by atoms with Gasteiger partial charge in [-0.15, -0.1) is 0 Å². The molecule has 0 aliphatic heterocycles. The molecule has 0 saturated heterocycles. The number of imidazole rings is 1. The summed E-state index contributed by atoms with van der Waals surface area (Å²) in [6.07, 6.45) is 1.21. The van der Waals surface area contributed by atoms with Gasteiger partial charge in [-0.3, -0.25) is 0 Å². The molecule has 0 N–H and O–H groups in total. The number of nitrogens with zero attached hydrogens (tertiary/aromatic N) is 3. The first-order chi connectivity index (χ1) is 7.02. The quantitative estimate of drug-likeness (QED) is 0.206. The van der Waals surface area contributed by atoms with E-state index < -0.39 is 4.92 Å². The third-order valence-corrected chi connectivity index (χ3v) is 1.99. The first-order valence-electron chi connectivity index (χ1n) is 4.02. The number of aromatic nitrogens is 2. The second-order valence-corrected chi connectivity index (χ2v) is 3.67. The van der Waals surface area contributed by atoms with Crippen molar-refractivity contribution in [3.05, 3.63) is 22.1 Å². The fourth-order valence-corrected chi connectivity index (χ4v) is 1.27. The fraction of sp³-hybridized carbons (Fsp3) is 0.429. The molecule has 82 valence electrons. The molecule has 0 saturated carbocycles. The standard InChI is InChI=1S/C7H9N3O3S2.Na/c1-5-8-4-6(10(11)12)9(5)2-3-13-7(14)15;/h4H,2-3H2,1H3,(H,14,15);/q;+1/p-1. The molecule has 1 heterocycles. The van der Waals surface area contributed by atoms with Crippen LogP contribution in [0.4, 0.5) is 5.82 Å². The number of hydrogen-bond donors (Lipinski definition) is 0. The molecular weight excluding hydrogens is 261 g/mol. The van der Waals surface area contributed by atoms with E-state index in [1.807, 2.05) is 0 Å². The molecule has 1 aromatic heterocycles. The molecule has 1 rings (SSSR count). The average molecular weight is 269 g/mol. The smallest absolute Gasteiger partial charge is 0.509 e. The van der Waals surface area contributed by atoms with Crippen molar-refractivity contribution < 1.29 is 39.2 Å². The summed E-state index contributed by atoms with van der Waals surface area (Å²) < 4.78 is 6.33. The van der Waals surface area contributed by atoms with Gasteiger partial charge in [0, 0.05) is 11.3 Å². The van der Waals surface area contributed by atoms with Crippen LogP contribution in [0.15, 0.2) is 6.20 Å². The van der Waals surface area contributed by atoms with Gasteiger partial charge in [-0.25, -0.2) is 9.55 Å². The summed E-state index contributed by atoms with van der Waals surface area (Å²) in [6, 6.07) is 0. The number of rotatable bonds is 4. The number of ether oxygens (including phenoxy) is 1. The summed E-state index contributed by atoms with van der Waals surface area (Å²) in [4.78, 5) is 13.9. The second-order valence-electron chi connectivity index (χ2n) is 2.67. The number of aryl methyl sites for hydroxylation is 1. The van der Waals surface area contributed by atoms with Gasteiger partial charge in [-0.05, 0) is 4.92 Å². The van der Waals surface area contributed by atoms with Crippen molar-refractivity contribution in [3.8, 4) is 0 Å². The second kappa shape index (κ2) is 7.13. The Hall–Kier alpha value is -0.280. The molecule has 9 heteroatoms. The first-order valence-corrected chi connectivity index (χ1v) is 4.84. The first kappa shape index (κ1) is 15.7. The van der Waals surface area contributed by atoms with Crippen molar-refractivity contribution >= 4 is 35.0 Å². The molecule has 0 atom stereocenters. The van der Waals surface area contributed by atoms with Crippen LogP contribution in [-0.2, 0) is 23.9 Å². The molecule has 1 aromatic rings.